The predicted octanol–water partition coefficient (Wildman–Crippen LogP) is 4.99. The third-order valence-corrected chi connectivity index (χ3v) is 5.81. The van der Waals surface area contributed by atoms with E-state index in [1.54, 1.807) is 36.4 Å². The molecule has 1 aliphatic rings. The molecule has 0 saturated heterocycles. The number of para-hydroxylation sites is 1. The summed E-state index contributed by atoms with van der Waals surface area (Å²) in [4.78, 5) is 13.1. The van der Waals surface area contributed by atoms with E-state index in [9.17, 15) is 10.1 Å². The average Bonchev–Trinajstić information content (AvgIpc) is 2.88. The zero-order valence-electron chi connectivity index (χ0n) is 19.0. The van der Waals surface area contributed by atoms with Crippen LogP contribution in [0.2, 0.25) is 0 Å². The fourth-order valence-electron chi connectivity index (χ4n) is 4.23. The standard InChI is InChI=1S/C28H22N2O5/c1-2-32-23-14-18(12-13-22(23)33-16-17-8-4-3-5-9-17)24-20(15-29)27(30)35-26-19-10-6-7-11-21(19)34-28(31)25(24)26/h3-14,24H,2,16,30H2,1H3/t24-/m1/s1. The number of nitrogens with zero attached hydrogens (tertiary/aromatic N) is 1. The Morgan fingerprint density at radius 2 is 1.77 bits per heavy atom. The smallest absolute Gasteiger partial charge is 0.344 e. The minimum Gasteiger partial charge on any atom is -0.490 e. The van der Waals surface area contributed by atoms with Gasteiger partial charge in [-0.15, -0.1) is 0 Å². The number of allylic oxidation sites excluding steroid dienone is 1. The lowest BCUT2D eigenvalue weighted by Gasteiger charge is -2.26. The zero-order valence-corrected chi connectivity index (χ0v) is 19.0. The van der Waals surface area contributed by atoms with Gasteiger partial charge in [-0.25, -0.2) is 4.79 Å². The number of fused-ring (bicyclic) bond motifs is 3. The van der Waals surface area contributed by atoms with Gasteiger partial charge in [-0.2, -0.15) is 5.26 Å². The summed E-state index contributed by atoms with van der Waals surface area (Å²) in [5.41, 5.74) is 7.94. The summed E-state index contributed by atoms with van der Waals surface area (Å²) in [6, 6.07) is 24.3. The van der Waals surface area contributed by atoms with Gasteiger partial charge in [0, 0.05) is 0 Å². The van der Waals surface area contributed by atoms with Crippen LogP contribution < -0.4 is 25.6 Å². The summed E-state index contributed by atoms with van der Waals surface area (Å²) in [6.45, 7) is 2.65. The largest absolute Gasteiger partial charge is 0.490 e. The van der Waals surface area contributed by atoms with Crippen LogP contribution in [0.4, 0.5) is 0 Å². The highest BCUT2D eigenvalue weighted by Crippen LogP contribution is 2.45. The minimum absolute atomic E-state index is 0.0527. The molecule has 1 aliphatic heterocycles. The van der Waals surface area contributed by atoms with E-state index < -0.39 is 11.5 Å². The van der Waals surface area contributed by atoms with Gasteiger partial charge in [-0.1, -0.05) is 48.5 Å². The summed E-state index contributed by atoms with van der Waals surface area (Å²) < 4.78 is 23.2. The van der Waals surface area contributed by atoms with Gasteiger partial charge in [0.2, 0.25) is 5.88 Å². The molecule has 4 aromatic rings. The second-order valence-corrected chi connectivity index (χ2v) is 7.97. The molecule has 5 rings (SSSR count). The first-order chi connectivity index (χ1) is 17.1. The van der Waals surface area contributed by atoms with E-state index in [0.717, 1.165) is 5.56 Å². The SMILES string of the molecule is CCOc1cc([C@@H]2C(C#N)=C(N)Oc3c2c(=O)oc2ccccc32)ccc1OCc1ccccc1. The van der Waals surface area contributed by atoms with Crippen molar-refractivity contribution >= 4 is 11.0 Å². The molecule has 174 valence electrons. The van der Waals surface area contributed by atoms with Crippen LogP contribution in [0.5, 0.6) is 17.2 Å². The molecule has 0 aliphatic carbocycles. The maximum Gasteiger partial charge on any atom is 0.344 e. The molecule has 35 heavy (non-hydrogen) atoms. The van der Waals surface area contributed by atoms with Crippen molar-refractivity contribution in [3.8, 4) is 23.3 Å². The van der Waals surface area contributed by atoms with Crippen LogP contribution in [0, 0.1) is 11.3 Å². The van der Waals surface area contributed by atoms with Gasteiger partial charge in [0.1, 0.15) is 23.8 Å². The Balaban J connectivity index is 1.62. The lowest BCUT2D eigenvalue weighted by atomic mass is 9.83. The van der Waals surface area contributed by atoms with Crippen LogP contribution in [-0.4, -0.2) is 6.61 Å². The molecule has 0 fully saturated rings. The molecule has 3 aromatic carbocycles. The molecule has 0 spiro atoms. The molecule has 2 N–H and O–H groups in total. The van der Waals surface area contributed by atoms with Crippen LogP contribution in [0.1, 0.15) is 29.5 Å². The van der Waals surface area contributed by atoms with Crippen molar-refractivity contribution in [3.05, 3.63) is 111 Å². The van der Waals surface area contributed by atoms with E-state index in [-0.39, 0.29) is 17.0 Å². The molecular formula is C28H22N2O5. The number of nitrogens with two attached hydrogens (primary N) is 1. The summed E-state index contributed by atoms with van der Waals surface area (Å²) in [6.07, 6.45) is 0. The molecule has 7 heteroatoms. The number of rotatable bonds is 6. The van der Waals surface area contributed by atoms with Crippen molar-refractivity contribution in [2.75, 3.05) is 6.61 Å². The first-order valence-electron chi connectivity index (χ1n) is 11.2. The van der Waals surface area contributed by atoms with Gasteiger partial charge in [-0.05, 0) is 42.3 Å². The maximum atomic E-state index is 13.1. The van der Waals surface area contributed by atoms with Crippen molar-refractivity contribution in [1.29, 1.82) is 5.26 Å². The topological polar surface area (TPSA) is 108 Å². The summed E-state index contributed by atoms with van der Waals surface area (Å²) in [7, 11) is 0. The van der Waals surface area contributed by atoms with E-state index in [0.29, 0.717) is 47.0 Å². The Morgan fingerprint density at radius 1 is 1.00 bits per heavy atom. The highest BCUT2D eigenvalue weighted by molar-refractivity contribution is 5.86. The number of nitriles is 1. The Bertz CT molecular complexity index is 1530. The van der Waals surface area contributed by atoms with E-state index in [2.05, 4.69) is 6.07 Å². The Kier molecular flexibility index (Phi) is 5.86. The minimum atomic E-state index is -0.785. The fraction of sp³-hybridized carbons (Fsp3) is 0.143. The summed E-state index contributed by atoms with van der Waals surface area (Å²) >= 11 is 0. The van der Waals surface area contributed by atoms with Gasteiger partial charge in [-0.3, -0.25) is 0 Å². The number of benzene rings is 3. The molecule has 1 atom stereocenters. The fourth-order valence-corrected chi connectivity index (χ4v) is 4.23. The molecule has 2 heterocycles. The average molecular weight is 466 g/mol. The quantitative estimate of drug-likeness (QED) is 0.399. The van der Waals surface area contributed by atoms with Crippen molar-refractivity contribution in [2.45, 2.75) is 19.4 Å². The Labute approximate surface area is 201 Å². The third-order valence-electron chi connectivity index (χ3n) is 5.81. The van der Waals surface area contributed by atoms with Gasteiger partial charge < -0.3 is 24.4 Å². The number of hydrogen-bond donors (Lipinski definition) is 1. The molecule has 7 nitrogen and oxygen atoms in total. The summed E-state index contributed by atoms with van der Waals surface area (Å²) in [5, 5.41) is 10.5. The van der Waals surface area contributed by atoms with Crippen LogP contribution in [-0.2, 0) is 6.61 Å². The molecule has 0 radical (unpaired) electrons. The van der Waals surface area contributed by atoms with E-state index >= 15 is 0 Å². The predicted molar refractivity (Wildman–Crippen MR) is 130 cm³/mol. The second kappa shape index (κ2) is 9.27. The highest BCUT2D eigenvalue weighted by Gasteiger charge is 2.36. The third kappa shape index (κ3) is 4.06. The Hall–Kier alpha value is -4.70. The van der Waals surface area contributed by atoms with Gasteiger partial charge in [0.15, 0.2) is 17.2 Å². The molecule has 0 saturated carbocycles. The van der Waals surface area contributed by atoms with Crippen molar-refractivity contribution in [3.63, 3.8) is 0 Å². The van der Waals surface area contributed by atoms with E-state index in [4.69, 9.17) is 24.4 Å². The van der Waals surface area contributed by atoms with Crippen LogP contribution >= 0.6 is 0 Å². The monoisotopic (exact) mass is 466 g/mol. The lowest BCUT2D eigenvalue weighted by Crippen LogP contribution is -2.26. The summed E-state index contributed by atoms with van der Waals surface area (Å²) in [5.74, 6) is 0.499. The van der Waals surface area contributed by atoms with Crippen molar-refractivity contribution < 1.29 is 18.6 Å². The van der Waals surface area contributed by atoms with Gasteiger partial charge >= 0.3 is 5.63 Å². The zero-order chi connectivity index (χ0) is 24.4. The van der Waals surface area contributed by atoms with E-state index in [1.807, 2.05) is 43.3 Å². The highest BCUT2D eigenvalue weighted by atomic mass is 16.5. The molecule has 1 aromatic heterocycles. The second-order valence-electron chi connectivity index (χ2n) is 7.97. The van der Waals surface area contributed by atoms with Gasteiger partial charge in [0.25, 0.3) is 0 Å². The first-order valence-corrected chi connectivity index (χ1v) is 11.2. The first kappa shape index (κ1) is 22.1. The molecule has 0 unspecified atom stereocenters. The maximum absolute atomic E-state index is 13.1. The molecule has 0 bridgehead atoms. The van der Waals surface area contributed by atoms with Gasteiger partial charge in [0.05, 0.1) is 23.5 Å². The van der Waals surface area contributed by atoms with Crippen molar-refractivity contribution in [2.24, 2.45) is 5.73 Å². The lowest BCUT2D eigenvalue weighted by molar-refractivity contribution is 0.269. The number of ether oxygens (including phenoxy) is 3. The van der Waals surface area contributed by atoms with Crippen LogP contribution in [0.25, 0.3) is 11.0 Å². The van der Waals surface area contributed by atoms with Crippen molar-refractivity contribution in [1.82, 2.24) is 0 Å². The Morgan fingerprint density at radius 3 is 2.54 bits per heavy atom. The van der Waals surface area contributed by atoms with E-state index in [1.165, 1.54) is 0 Å². The normalized spacial score (nSPS) is 14.7. The van der Waals surface area contributed by atoms with Crippen LogP contribution in [0.15, 0.2) is 93.5 Å². The molecule has 0 amide bonds. The molecular weight excluding hydrogens is 444 g/mol. The van der Waals surface area contributed by atoms with Crippen LogP contribution in [0.3, 0.4) is 0 Å². The number of hydrogen-bond acceptors (Lipinski definition) is 7.